The molecule has 0 aliphatic heterocycles. The van der Waals surface area contributed by atoms with Crippen LogP contribution in [0, 0.1) is 0 Å². The van der Waals surface area contributed by atoms with Gasteiger partial charge in [-0.3, -0.25) is 14.9 Å². The Morgan fingerprint density at radius 3 is 2.48 bits per heavy atom. The minimum Gasteiger partial charge on any atom is -0.353 e. The van der Waals surface area contributed by atoms with E-state index in [2.05, 4.69) is 16.0 Å². The Bertz CT molecular complexity index is 668. The molecule has 134 valence electrons. The van der Waals surface area contributed by atoms with Gasteiger partial charge in [-0.05, 0) is 43.3 Å². The number of nitrogens with one attached hydrogen (secondary N) is 3. The quantitative estimate of drug-likeness (QED) is 0.519. The first-order valence-corrected chi connectivity index (χ1v) is 9.14. The summed E-state index contributed by atoms with van der Waals surface area (Å²) in [6.07, 6.45) is 7.30. The van der Waals surface area contributed by atoms with Gasteiger partial charge in [0.25, 0.3) is 0 Å². The van der Waals surface area contributed by atoms with Crippen LogP contribution in [0.1, 0.15) is 32.1 Å². The highest BCUT2D eigenvalue weighted by Gasteiger charge is 2.16. The molecule has 0 bridgehead atoms. The fraction of sp³-hybridized carbons (Fsp3) is 0.353. The van der Waals surface area contributed by atoms with Crippen LogP contribution >= 0.6 is 35.4 Å². The first-order valence-electron chi connectivity index (χ1n) is 7.97. The highest BCUT2D eigenvalue weighted by molar-refractivity contribution is 7.80. The van der Waals surface area contributed by atoms with E-state index in [4.69, 9.17) is 35.4 Å². The number of hydrogen-bond acceptors (Lipinski definition) is 3. The third-order valence-electron chi connectivity index (χ3n) is 3.73. The summed E-state index contributed by atoms with van der Waals surface area (Å²) in [6, 6.07) is 5.29. The highest BCUT2D eigenvalue weighted by Crippen LogP contribution is 2.29. The molecule has 0 heterocycles. The Kier molecular flexibility index (Phi) is 7.68. The average Bonchev–Trinajstić information content (AvgIpc) is 3.04. The van der Waals surface area contributed by atoms with E-state index in [0.29, 0.717) is 15.7 Å². The molecule has 1 fully saturated rings. The highest BCUT2D eigenvalue weighted by atomic mass is 35.5. The van der Waals surface area contributed by atoms with E-state index in [9.17, 15) is 9.59 Å². The molecule has 25 heavy (non-hydrogen) atoms. The number of carbonyl (C=O) groups is 2. The van der Waals surface area contributed by atoms with Crippen LogP contribution in [0.15, 0.2) is 30.4 Å². The van der Waals surface area contributed by atoms with Gasteiger partial charge in [0.1, 0.15) is 0 Å². The smallest absolute Gasteiger partial charge is 0.249 e. The molecule has 0 aromatic heterocycles. The normalized spacial score (nSPS) is 14.5. The molecule has 1 aromatic carbocycles. The van der Waals surface area contributed by atoms with Crippen molar-refractivity contribution in [1.82, 2.24) is 10.6 Å². The molecular weight excluding hydrogens is 381 g/mol. The fourth-order valence-electron chi connectivity index (χ4n) is 2.55. The Labute approximate surface area is 162 Å². The second-order valence-electron chi connectivity index (χ2n) is 5.70. The lowest BCUT2D eigenvalue weighted by molar-refractivity contribution is -0.120. The van der Waals surface area contributed by atoms with E-state index in [1.165, 1.54) is 12.2 Å². The fourth-order valence-corrected chi connectivity index (χ4v) is 3.24. The lowest BCUT2D eigenvalue weighted by Crippen LogP contribution is -2.33. The molecule has 0 radical (unpaired) electrons. The zero-order valence-corrected chi connectivity index (χ0v) is 15.8. The van der Waals surface area contributed by atoms with Crippen molar-refractivity contribution >= 4 is 58.0 Å². The number of benzene rings is 1. The number of rotatable bonds is 5. The molecule has 0 atom stereocenters. The molecule has 0 unspecified atom stereocenters. The first kappa shape index (κ1) is 19.7. The minimum atomic E-state index is -0.436. The molecule has 2 rings (SSSR count). The van der Waals surface area contributed by atoms with Crippen molar-refractivity contribution in [2.45, 2.75) is 38.1 Å². The Morgan fingerprint density at radius 1 is 1.20 bits per heavy atom. The lowest BCUT2D eigenvalue weighted by atomic mass is 10.2. The van der Waals surface area contributed by atoms with Gasteiger partial charge in [0.05, 0.1) is 15.7 Å². The Morgan fingerprint density at radius 2 is 1.84 bits per heavy atom. The van der Waals surface area contributed by atoms with Gasteiger partial charge in [-0.15, -0.1) is 0 Å². The number of amides is 2. The summed E-state index contributed by atoms with van der Waals surface area (Å²) < 4.78 is 0. The summed E-state index contributed by atoms with van der Waals surface area (Å²) >= 11 is 17.1. The summed E-state index contributed by atoms with van der Waals surface area (Å²) in [5.74, 6) is -0.520. The molecule has 3 N–H and O–H groups in total. The van der Waals surface area contributed by atoms with Gasteiger partial charge in [0, 0.05) is 12.5 Å². The maximum Gasteiger partial charge on any atom is 0.249 e. The van der Waals surface area contributed by atoms with E-state index in [1.54, 1.807) is 18.2 Å². The van der Waals surface area contributed by atoms with E-state index in [-0.39, 0.29) is 23.5 Å². The summed E-state index contributed by atoms with van der Waals surface area (Å²) in [4.78, 5) is 23.6. The van der Waals surface area contributed by atoms with Crippen LogP contribution in [-0.4, -0.2) is 23.0 Å². The van der Waals surface area contributed by atoms with Gasteiger partial charge >= 0.3 is 0 Å². The summed E-state index contributed by atoms with van der Waals surface area (Å²) in [5, 5.41) is 9.06. The van der Waals surface area contributed by atoms with Crippen LogP contribution < -0.4 is 16.0 Å². The molecule has 0 spiro atoms. The van der Waals surface area contributed by atoms with Crippen molar-refractivity contribution in [1.29, 1.82) is 0 Å². The standard InChI is InChI=1S/C17H19Cl2N3O2S/c18-12-7-3-8-13(19)16(12)22-17(25)21-15(24)10-4-9-14(23)20-11-5-1-2-6-11/h3-4,7-8,10-11H,1-2,5-6,9H2,(H,20,23)(H2,21,22,24,25)/b10-4+. The van der Waals surface area contributed by atoms with E-state index in [1.807, 2.05) is 0 Å². The van der Waals surface area contributed by atoms with E-state index >= 15 is 0 Å². The third kappa shape index (κ3) is 6.65. The first-order chi connectivity index (χ1) is 12.0. The largest absolute Gasteiger partial charge is 0.353 e. The number of halogens is 2. The van der Waals surface area contributed by atoms with Crippen molar-refractivity contribution in [3.8, 4) is 0 Å². The summed E-state index contributed by atoms with van der Waals surface area (Å²) in [7, 11) is 0. The number of anilines is 1. The van der Waals surface area contributed by atoms with Crippen LogP contribution in [0.25, 0.3) is 0 Å². The second kappa shape index (κ2) is 9.75. The van der Waals surface area contributed by atoms with E-state index in [0.717, 1.165) is 25.7 Å². The van der Waals surface area contributed by atoms with Crippen LogP contribution in [0.5, 0.6) is 0 Å². The van der Waals surface area contributed by atoms with Crippen molar-refractivity contribution in [2.24, 2.45) is 0 Å². The molecule has 0 saturated heterocycles. The molecule has 1 aromatic rings. The molecule has 2 amide bonds. The lowest BCUT2D eigenvalue weighted by Gasteiger charge is -2.11. The van der Waals surface area contributed by atoms with Crippen molar-refractivity contribution < 1.29 is 9.59 Å². The van der Waals surface area contributed by atoms with Gasteiger partial charge < -0.3 is 10.6 Å². The molecule has 1 aliphatic carbocycles. The van der Waals surface area contributed by atoms with E-state index < -0.39 is 5.91 Å². The second-order valence-corrected chi connectivity index (χ2v) is 6.92. The topological polar surface area (TPSA) is 70.2 Å². The zero-order chi connectivity index (χ0) is 18.2. The molecule has 1 saturated carbocycles. The molecule has 5 nitrogen and oxygen atoms in total. The zero-order valence-electron chi connectivity index (χ0n) is 13.5. The summed E-state index contributed by atoms with van der Waals surface area (Å²) in [5.41, 5.74) is 0.427. The summed E-state index contributed by atoms with van der Waals surface area (Å²) in [6.45, 7) is 0. The van der Waals surface area contributed by atoms with Crippen LogP contribution in [0.4, 0.5) is 5.69 Å². The minimum absolute atomic E-state index is 0.0695. The predicted molar refractivity (Wildman–Crippen MR) is 105 cm³/mol. The van der Waals surface area contributed by atoms with Crippen LogP contribution in [-0.2, 0) is 9.59 Å². The van der Waals surface area contributed by atoms with Crippen LogP contribution in [0.2, 0.25) is 10.0 Å². The van der Waals surface area contributed by atoms with Gasteiger partial charge in [-0.25, -0.2) is 0 Å². The SMILES string of the molecule is O=C(/C=C/CC(=O)NC1CCCC1)NC(=S)Nc1c(Cl)cccc1Cl. The predicted octanol–water partition coefficient (Wildman–Crippen LogP) is 3.81. The van der Waals surface area contributed by atoms with Crippen LogP contribution in [0.3, 0.4) is 0 Å². The van der Waals surface area contributed by atoms with Gasteiger partial charge in [-0.2, -0.15) is 0 Å². The molecule has 8 heteroatoms. The molecular formula is C17H19Cl2N3O2S. The van der Waals surface area contributed by atoms with Crippen molar-refractivity contribution in [3.63, 3.8) is 0 Å². The van der Waals surface area contributed by atoms with Crippen molar-refractivity contribution in [3.05, 3.63) is 40.4 Å². The number of para-hydroxylation sites is 1. The maximum atomic E-state index is 11.8. The average molecular weight is 400 g/mol. The Balaban J connectivity index is 1.75. The van der Waals surface area contributed by atoms with Gasteiger partial charge in [0.2, 0.25) is 11.8 Å². The number of thiocarbonyl (C=S) groups is 1. The van der Waals surface area contributed by atoms with Gasteiger partial charge in [0.15, 0.2) is 5.11 Å². The molecule has 1 aliphatic rings. The van der Waals surface area contributed by atoms with Crippen molar-refractivity contribution in [2.75, 3.05) is 5.32 Å². The van der Waals surface area contributed by atoms with Gasteiger partial charge in [-0.1, -0.05) is 48.2 Å². The Hall–Kier alpha value is -1.63. The number of carbonyl (C=O) groups excluding carboxylic acids is 2. The monoisotopic (exact) mass is 399 g/mol. The maximum absolute atomic E-state index is 11.8. The number of hydrogen-bond donors (Lipinski definition) is 3. The third-order valence-corrected chi connectivity index (χ3v) is 4.56.